The number of fused-ring (bicyclic) bond motifs is 1. The predicted molar refractivity (Wildman–Crippen MR) is 65.5 cm³/mol. The number of carbonyl (C=O) groups excluding carboxylic acids is 1. The first-order valence-corrected chi connectivity index (χ1v) is 5.90. The van der Waals surface area contributed by atoms with Gasteiger partial charge in [0.15, 0.2) is 0 Å². The Morgan fingerprint density at radius 1 is 1.50 bits per heavy atom. The summed E-state index contributed by atoms with van der Waals surface area (Å²) in [7, 11) is 0. The predicted octanol–water partition coefficient (Wildman–Crippen LogP) is 1.94. The highest BCUT2D eigenvalue weighted by Gasteiger charge is 2.20. The van der Waals surface area contributed by atoms with E-state index in [0.717, 1.165) is 19.4 Å². The van der Waals surface area contributed by atoms with Crippen molar-refractivity contribution >= 4 is 11.6 Å². The second kappa shape index (κ2) is 5.01. The minimum absolute atomic E-state index is 0.153. The summed E-state index contributed by atoms with van der Waals surface area (Å²) in [5.41, 5.74) is 2.59. The van der Waals surface area contributed by atoms with Crippen molar-refractivity contribution in [1.29, 1.82) is 0 Å². The van der Waals surface area contributed by atoms with Gasteiger partial charge >= 0.3 is 0 Å². The van der Waals surface area contributed by atoms with Crippen molar-refractivity contribution in [2.45, 2.75) is 32.2 Å². The maximum absolute atomic E-state index is 11.3. The molecule has 1 atom stereocenters. The van der Waals surface area contributed by atoms with Gasteiger partial charge in [-0.2, -0.15) is 0 Å². The number of hydrogen-bond acceptors (Lipinski definition) is 2. The van der Waals surface area contributed by atoms with Crippen molar-refractivity contribution in [3.8, 4) is 0 Å². The van der Waals surface area contributed by atoms with Gasteiger partial charge in [0.05, 0.1) is 0 Å². The van der Waals surface area contributed by atoms with E-state index in [2.05, 4.69) is 28.8 Å². The number of anilines is 1. The van der Waals surface area contributed by atoms with Crippen LogP contribution >= 0.6 is 0 Å². The van der Waals surface area contributed by atoms with Crippen molar-refractivity contribution in [1.82, 2.24) is 5.32 Å². The smallest absolute Gasteiger partial charge is 0.220 e. The van der Waals surface area contributed by atoms with Crippen molar-refractivity contribution in [3.05, 3.63) is 29.8 Å². The molecule has 0 saturated carbocycles. The highest BCUT2D eigenvalue weighted by Crippen LogP contribution is 2.26. The van der Waals surface area contributed by atoms with Crippen LogP contribution in [-0.4, -0.2) is 18.5 Å². The zero-order valence-corrected chi connectivity index (χ0v) is 9.62. The van der Waals surface area contributed by atoms with Crippen molar-refractivity contribution < 1.29 is 4.79 Å². The van der Waals surface area contributed by atoms with Gasteiger partial charge in [0.2, 0.25) is 5.91 Å². The average Bonchev–Trinajstić information content (AvgIpc) is 2.69. The van der Waals surface area contributed by atoms with Gasteiger partial charge in [-0.05, 0) is 31.4 Å². The van der Waals surface area contributed by atoms with E-state index in [1.54, 1.807) is 0 Å². The van der Waals surface area contributed by atoms with Crippen molar-refractivity contribution in [2.75, 3.05) is 11.9 Å². The topological polar surface area (TPSA) is 41.1 Å². The van der Waals surface area contributed by atoms with Gasteiger partial charge in [0.1, 0.15) is 0 Å². The quantitative estimate of drug-likeness (QED) is 0.811. The van der Waals surface area contributed by atoms with E-state index in [1.807, 2.05) is 13.0 Å². The molecule has 1 aliphatic heterocycles. The molecule has 0 saturated heterocycles. The number of benzene rings is 1. The standard InChI is InChI=1S/C13H18N2O/c1-2-14-13(16)8-7-11-9-10-5-3-4-6-12(10)15-11/h3-6,11,15H,2,7-9H2,1H3,(H,14,16). The maximum atomic E-state index is 11.3. The van der Waals surface area contributed by atoms with Gasteiger partial charge in [-0.3, -0.25) is 4.79 Å². The molecule has 2 N–H and O–H groups in total. The molecule has 0 aliphatic carbocycles. The highest BCUT2D eigenvalue weighted by atomic mass is 16.1. The Hall–Kier alpha value is -1.51. The van der Waals surface area contributed by atoms with Crippen LogP contribution in [0, 0.1) is 0 Å². The Labute approximate surface area is 96.2 Å². The van der Waals surface area contributed by atoms with Crippen LogP contribution in [0.2, 0.25) is 0 Å². The molecule has 0 fully saturated rings. The van der Waals surface area contributed by atoms with Gasteiger partial charge in [0.25, 0.3) is 0 Å². The fourth-order valence-corrected chi connectivity index (χ4v) is 2.14. The van der Waals surface area contributed by atoms with E-state index in [-0.39, 0.29) is 5.91 Å². The summed E-state index contributed by atoms with van der Waals surface area (Å²) >= 11 is 0. The Bertz CT molecular complexity index is 351. The van der Waals surface area contributed by atoms with Crippen LogP contribution in [0.25, 0.3) is 0 Å². The van der Waals surface area contributed by atoms with Crippen LogP contribution in [0.1, 0.15) is 25.3 Å². The minimum atomic E-state index is 0.153. The Balaban J connectivity index is 1.81. The molecular weight excluding hydrogens is 200 g/mol. The van der Waals surface area contributed by atoms with Gasteiger partial charge in [-0.1, -0.05) is 18.2 Å². The first-order chi connectivity index (χ1) is 7.79. The lowest BCUT2D eigenvalue weighted by atomic mass is 10.1. The summed E-state index contributed by atoms with van der Waals surface area (Å²) in [5, 5.41) is 6.28. The molecular formula is C13H18N2O. The van der Waals surface area contributed by atoms with Crippen LogP contribution in [0.5, 0.6) is 0 Å². The van der Waals surface area contributed by atoms with E-state index >= 15 is 0 Å². The molecule has 86 valence electrons. The van der Waals surface area contributed by atoms with Crippen LogP contribution < -0.4 is 10.6 Å². The fourth-order valence-electron chi connectivity index (χ4n) is 2.14. The molecule has 16 heavy (non-hydrogen) atoms. The summed E-state index contributed by atoms with van der Waals surface area (Å²) in [6.07, 6.45) is 2.55. The molecule has 3 nitrogen and oxygen atoms in total. The van der Waals surface area contributed by atoms with Crippen LogP contribution in [-0.2, 0) is 11.2 Å². The molecule has 3 heteroatoms. The van der Waals surface area contributed by atoms with E-state index in [0.29, 0.717) is 12.5 Å². The molecule has 0 radical (unpaired) electrons. The summed E-state index contributed by atoms with van der Waals surface area (Å²) < 4.78 is 0. The monoisotopic (exact) mass is 218 g/mol. The van der Waals surface area contributed by atoms with Gasteiger partial charge in [-0.25, -0.2) is 0 Å². The molecule has 1 amide bonds. The Morgan fingerprint density at radius 2 is 2.31 bits per heavy atom. The Morgan fingerprint density at radius 3 is 3.06 bits per heavy atom. The summed E-state index contributed by atoms with van der Waals surface area (Å²) in [4.78, 5) is 11.3. The molecule has 1 unspecified atom stereocenters. The van der Waals surface area contributed by atoms with E-state index in [9.17, 15) is 4.79 Å². The highest BCUT2D eigenvalue weighted by molar-refractivity contribution is 5.76. The first-order valence-electron chi connectivity index (χ1n) is 5.90. The first kappa shape index (κ1) is 11.0. The Kier molecular flexibility index (Phi) is 3.44. The number of amides is 1. The summed E-state index contributed by atoms with van der Waals surface area (Å²) in [5.74, 6) is 0.153. The zero-order valence-electron chi connectivity index (χ0n) is 9.62. The number of carbonyl (C=O) groups is 1. The number of nitrogens with one attached hydrogen (secondary N) is 2. The van der Waals surface area contributed by atoms with Crippen LogP contribution in [0.3, 0.4) is 0 Å². The molecule has 1 aliphatic rings. The molecule has 0 aromatic heterocycles. The largest absolute Gasteiger partial charge is 0.382 e. The molecule has 1 heterocycles. The molecule has 1 aromatic carbocycles. The van der Waals surface area contributed by atoms with E-state index in [1.165, 1.54) is 11.3 Å². The number of para-hydroxylation sites is 1. The third-order valence-corrected chi connectivity index (χ3v) is 2.94. The number of rotatable bonds is 4. The average molecular weight is 218 g/mol. The molecule has 2 rings (SSSR count). The normalized spacial score (nSPS) is 17.7. The fraction of sp³-hybridized carbons (Fsp3) is 0.462. The van der Waals surface area contributed by atoms with Gasteiger partial charge < -0.3 is 10.6 Å². The summed E-state index contributed by atoms with van der Waals surface area (Å²) in [6.45, 7) is 2.67. The SMILES string of the molecule is CCNC(=O)CCC1Cc2ccccc2N1. The van der Waals surface area contributed by atoms with Crippen LogP contribution in [0.4, 0.5) is 5.69 Å². The molecule has 0 bridgehead atoms. The van der Waals surface area contributed by atoms with Crippen molar-refractivity contribution in [3.63, 3.8) is 0 Å². The third kappa shape index (κ3) is 2.54. The van der Waals surface area contributed by atoms with Crippen molar-refractivity contribution in [2.24, 2.45) is 0 Å². The van der Waals surface area contributed by atoms with Crippen LogP contribution in [0.15, 0.2) is 24.3 Å². The lowest BCUT2D eigenvalue weighted by Gasteiger charge is -2.10. The zero-order chi connectivity index (χ0) is 11.4. The lowest BCUT2D eigenvalue weighted by molar-refractivity contribution is -0.121. The summed E-state index contributed by atoms with van der Waals surface area (Å²) in [6, 6.07) is 8.76. The molecule has 1 aromatic rings. The maximum Gasteiger partial charge on any atom is 0.220 e. The number of hydrogen-bond donors (Lipinski definition) is 2. The van der Waals surface area contributed by atoms with E-state index in [4.69, 9.17) is 0 Å². The van der Waals surface area contributed by atoms with E-state index < -0.39 is 0 Å². The third-order valence-electron chi connectivity index (χ3n) is 2.94. The minimum Gasteiger partial charge on any atom is -0.382 e. The van der Waals surface area contributed by atoms with Gasteiger partial charge in [-0.15, -0.1) is 0 Å². The molecule has 0 spiro atoms. The lowest BCUT2D eigenvalue weighted by Crippen LogP contribution is -2.25. The second-order valence-electron chi connectivity index (χ2n) is 4.19. The second-order valence-corrected chi connectivity index (χ2v) is 4.19. The van der Waals surface area contributed by atoms with Gasteiger partial charge in [0, 0.05) is 24.7 Å².